The summed E-state index contributed by atoms with van der Waals surface area (Å²) >= 11 is 0. The van der Waals surface area contributed by atoms with Gasteiger partial charge in [0.2, 0.25) is 7.98 Å². The van der Waals surface area contributed by atoms with Crippen molar-refractivity contribution in [3.63, 3.8) is 0 Å². The van der Waals surface area contributed by atoms with Crippen LogP contribution in [0.5, 0.6) is 5.75 Å². The predicted molar refractivity (Wildman–Crippen MR) is 122 cm³/mol. The van der Waals surface area contributed by atoms with Gasteiger partial charge < -0.3 is 9.92 Å². The maximum Gasteiger partial charge on any atom is 0.297 e. The smallest absolute Gasteiger partial charge is 0.297 e. The quantitative estimate of drug-likeness (QED) is 0.263. The molecule has 2 N–H and O–H groups in total. The molecule has 7 nitrogen and oxygen atoms in total. The highest BCUT2D eigenvalue weighted by Gasteiger charge is 2.20. The summed E-state index contributed by atoms with van der Waals surface area (Å²) in [6.45, 7) is 1.76. The van der Waals surface area contributed by atoms with Crippen molar-refractivity contribution in [1.82, 2.24) is 0 Å². The van der Waals surface area contributed by atoms with Gasteiger partial charge in [0.25, 0.3) is 10.1 Å². The van der Waals surface area contributed by atoms with Gasteiger partial charge in [-0.1, -0.05) is 42.5 Å². The maximum absolute atomic E-state index is 12.1. The third-order valence-corrected chi connectivity index (χ3v) is 5.98. The number of fused-ring (bicyclic) bond motifs is 2. The van der Waals surface area contributed by atoms with Crippen molar-refractivity contribution < 1.29 is 18.1 Å². The summed E-state index contributed by atoms with van der Waals surface area (Å²) in [5.41, 5.74) is 1.37. The largest absolute Gasteiger partial charge is 0.505 e. The lowest BCUT2D eigenvalue weighted by molar-refractivity contribution is 0.482. The first-order valence-corrected chi connectivity index (χ1v) is 10.8. The molecule has 9 heteroatoms. The number of phenols is 1. The number of hydrogen-bond donors (Lipinski definition) is 2. The number of anilines is 1. The highest BCUT2D eigenvalue weighted by atomic mass is 32.2. The first kappa shape index (κ1) is 20.8. The van der Waals surface area contributed by atoms with E-state index < -0.39 is 10.1 Å². The van der Waals surface area contributed by atoms with Crippen LogP contribution in [0.4, 0.5) is 17.1 Å². The zero-order chi connectivity index (χ0) is 22.3. The van der Waals surface area contributed by atoms with Gasteiger partial charge in [-0.05, 0) is 48.5 Å². The Morgan fingerprint density at radius 3 is 2.39 bits per heavy atom. The van der Waals surface area contributed by atoms with E-state index in [0.717, 1.165) is 5.39 Å². The molecule has 4 rings (SSSR count). The van der Waals surface area contributed by atoms with E-state index >= 15 is 0 Å². The minimum atomic E-state index is -4.58. The minimum absolute atomic E-state index is 0.0377. The number of nitrogens with zero attached hydrogens (tertiary/aromatic N) is 3. The number of hydrogen-bond acceptors (Lipinski definition) is 6. The lowest BCUT2D eigenvalue weighted by Gasteiger charge is -2.18. The zero-order valence-corrected chi connectivity index (χ0v) is 17.6. The van der Waals surface area contributed by atoms with Crippen LogP contribution in [-0.4, -0.2) is 33.1 Å². The van der Waals surface area contributed by atoms with Crippen LogP contribution in [-0.2, 0) is 10.1 Å². The molecule has 2 radical (unpaired) electrons. The van der Waals surface area contributed by atoms with E-state index in [1.165, 1.54) is 10.9 Å². The molecule has 154 valence electrons. The molecule has 0 spiro atoms. The molecule has 0 aliphatic heterocycles. The number of benzene rings is 4. The second-order valence-electron chi connectivity index (χ2n) is 7.19. The van der Waals surface area contributed by atoms with Crippen LogP contribution in [0.25, 0.3) is 21.5 Å². The van der Waals surface area contributed by atoms with Crippen molar-refractivity contribution in [2.24, 2.45) is 10.2 Å². The molecule has 31 heavy (non-hydrogen) atoms. The Balaban J connectivity index is 1.94. The van der Waals surface area contributed by atoms with Crippen LogP contribution in [0.2, 0.25) is 0 Å². The van der Waals surface area contributed by atoms with E-state index in [-0.39, 0.29) is 22.0 Å². The third kappa shape index (κ3) is 3.73. The fourth-order valence-electron chi connectivity index (χ4n) is 3.65. The first-order valence-electron chi connectivity index (χ1n) is 9.33. The third-order valence-electron chi connectivity index (χ3n) is 5.04. The van der Waals surface area contributed by atoms with Crippen LogP contribution in [0, 0.1) is 6.92 Å². The van der Waals surface area contributed by atoms with E-state index in [1.807, 2.05) is 18.2 Å². The van der Waals surface area contributed by atoms with E-state index in [0.29, 0.717) is 27.4 Å². The Hall–Kier alpha value is -3.43. The fraction of sp³-hybridized carbons (Fsp3) is 0.0909. The Kier molecular flexibility index (Phi) is 5.16. The number of phenolic OH excluding ortho intramolecular Hbond substituents is 1. The first-order chi connectivity index (χ1) is 14.7. The van der Waals surface area contributed by atoms with Crippen LogP contribution >= 0.6 is 0 Å². The van der Waals surface area contributed by atoms with Gasteiger partial charge in [-0.3, -0.25) is 4.55 Å². The summed E-state index contributed by atoms with van der Waals surface area (Å²) in [5.74, 6) is -0.124. The molecule has 0 bridgehead atoms. The Morgan fingerprint density at radius 1 is 0.968 bits per heavy atom. The van der Waals surface area contributed by atoms with Crippen LogP contribution in [0.3, 0.4) is 0 Å². The van der Waals surface area contributed by atoms with Gasteiger partial charge in [0, 0.05) is 16.5 Å². The molecule has 4 aromatic rings. The second-order valence-corrected chi connectivity index (χ2v) is 8.55. The topological polar surface area (TPSA) is 103 Å². The summed E-state index contributed by atoms with van der Waals surface area (Å²) in [6.07, 6.45) is 0. The van der Waals surface area contributed by atoms with E-state index in [2.05, 4.69) is 10.2 Å². The Bertz CT molecular complexity index is 1470. The molecule has 4 aromatic carbocycles. The molecule has 0 fully saturated rings. The zero-order valence-electron chi connectivity index (χ0n) is 16.8. The van der Waals surface area contributed by atoms with Gasteiger partial charge in [-0.25, -0.2) is 0 Å². The lowest BCUT2D eigenvalue weighted by Crippen LogP contribution is -2.11. The average molecular weight is 431 g/mol. The van der Waals surface area contributed by atoms with Crippen molar-refractivity contribution in [3.05, 3.63) is 66.2 Å². The van der Waals surface area contributed by atoms with Crippen molar-refractivity contribution in [1.29, 1.82) is 0 Å². The summed E-state index contributed by atoms with van der Waals surface area (Å²) in [4.78, 5) is 1.05. The van der Waals surface area contributed by atoms with Crippen molar-refractivity contribution in [3.8, 4) is 5.75 Å². The molecular weight excluding hydrogens is 413 g/mol. The molecule has 0 amide bonds. The second kappa shape index (κ2) is 7.68. The summed E-state index contributed by atoms with van der Waals surface area (Å²) < 4.78 is 34.0. The number of aromatic hydroxyl groups is 1. The van der Waals surface area contributed by atoms with Crippen LogP contribution in [0.15, 0.2) is 75.8 Å². The monoisotopic (exact) mass is 431 g/mol. The molecule has 0 saturated heterocycles. The van der Waals surface area contributed by atoms with Crippen molar-refractivity contribution in [2.45, 2.75) is 11.8 Å². The summed E-state index contributed by atoms with van der Waals surface area (Å²) in [5, 5.41) is 21.4. The maximum atomic E-state index is 12.1. The van der Waals surface area contributed by atoms with Crippen LogP contribution in [0.1, 0.15) is 5.56 Å². The summed E-state index contributed by atoms with van der Waals surface area (Å²) in [7, 11) is 2.97. The Labute approximate surface area is 180 Å². The highest BCUT2D eigenvalue weighted by Crippen LogP contribution is 2.43. The number of aryl methyl sites for hydroxylation is 1. The lowest BCUT2D eigenvalue weighted by atomic mass is 10.0. The molecule has 0 saturated carbocycles. The molecule has 0 aliphatic carbocycles. The molecule has 0 atom stereocenters. The average Bonchev–Trinajstić information content (AvgIpc) is 2.71. The molecule has 0 heterocycles. The van der Waals surface area contributed by atoms with E-state index in [9.17, 15) is 18.1 Å². The van der Waals surface area contributed by atoms with Gasteiger partial charge in [0.1, 0.15) is 16.3 Å². The fourth-order valence-corrected chi connectivity index (χ4v) is 4.48. The van der Waals surface area contributed by atoms with Gasteiger partial charge in [-0.2, -0.15) is 8.42 Å². The number of rotatable bonds is 4. The van der Waals surface area contributed by atoms with Gasteiger partial charge in [0.15, 0.2) is 5.75 Å². The normalized spacial score (nSPS) is 12.1. The highest BCUT2D eigenvalue weighted by molar-refractivity contribution is 7.86. The minimum Gasteiger partial charge on any atom is -0.505 e. The molecular formula is C22H18BN3O4S. The van der Waals surface area contributed by atoms with E-state index in [1.54, 1.807) is 50.4 Å². The predicted octanol–water partition coefficient (Wildman–Crippen LogP) is 5.19. The molecule has 0 unspecified atom stereocenters. The van der Waals surface area contributed by atoms with E-state index in [4.69, 9.17) is 7.98 Å². The van der Waals surface area contributed by atoms with Crippen molar-refractivity contribution in [2.75, 3.05) is 11.9 Å². The number of azo groups is 1. The van der Waals surface area contributed by atoms with Crippen molar-refractivity contribution >= 4 is 56.7 Å². The van der Waals surface area contributed by atoms with Gasteiger partial charge >= 0.3 is 0 Å². The summed E-state index contributed by atoms with van der Waals surface area (Å²) in [6, 6.07) is 17.2. The van der Waals surface area contributed by atoms with Gasteiger partial charge in [0.05, 0.1) is 0 Å². The standard InChI is InChI=1S/C22H18BN3O4S/c1-13-12-15-7-5-9-18(26(2)23)19(15)21(27)20(13)25-24-17-11-10-14-6-3-4-8-16(14)22(17)31(28,29)30/h3-12,27H,1-2H3,(H,28,29,30). The molecule has 0 aliphatic rings. The molecule has 0 aromatic heterocycles. The SMILES string of the molecule is [B]N(C)c1cccc2cc(C)c(N=Nc3ccc4ccccc4c3S(=O)(=O)O)c(O)c12. The van der Waals surface area contributed by atoms with Gasteiger partial charge in [-0.15, -0.1) is 10.2 Å². The van der Waals surface area contributed by atoms with Crippen LogP contribution < -0.4 is 4.81 Å². The Morgan fingerprint density at radius 2 is 1.68 bits per heavy atom.